The minimum absolute atomic E-state index is 0.0442. The minimum Gasteiger partial charge on any atom is -0.393 e. The molecular weight excluding hydrogens is 276 g/mol. The van der Waals surface area contributed by atoms with Crippen LogP contribution in [0.5, 0.6) is 0 Å². The number of aliphatic hydroxyl groups excluding tert-OH is 1. The molecule has 4 rings (SSSR count). The number of aromatic nitrogens is 1. The number of benzene rings is 1. The van der Waals surface area contributed by atoms with E-state index in [-0.39, 0.29) is 11.7 Å². The molecule has 2 fully saturated rings. The Morgan fingerprint density at radius 2 is 2.27 bits per heavy atom. The summed E-state index contributed by atoms with van der Waals surface area (Å²) in [7, 11) is 1.83. The zero-order valence-electron chi connectivity index (χ0n) is 13.1. The number of hydrogen-bond acceptors (Lipinski definition) is 3. The van der Waals surface area contributed by atoms with Gasteiger partial charge >= 0.3 is 0 Å². The highest BCUT2D eigenvalue weighted by atomic mass is 16.5. The van der Waals surface area contributed by atoms with Gasteiger partial charge in [0.2, 0.25) is 0 Å². The summed E-state index contributed by atoms with van der Waals surface area (Å²) in [6.07, 6.45) is 5.56. The fourth-order valence-corrected chi connectivity index (χ4v) is 4.40. The van der Waals surface area contributed by atoms with Crippen molar-refractivity contribution < 1.29 is 9.84 Å². The van der Waals surface area contributed by atoms with Crippen LogP contribution in [0, 0.1) is 0 Å². The summed E-state index contributed by atoms with van der Waals surface area (Å²) >= 11 is 0. The summed E-state index contributed by atoms with van der Waals surface area (Å²) < 4.78 is 5.92. The molecule has 2 aliphatic rings. The molecule has 0 bridgehead atoms. The Balaban J connectivity index is 1.57. The van der Waals surface area contributed by atoms with Gasteiger partial charge in [0.15, 0.2) is 0 Å². The minimum atomic E-state index is -0.180. The number of aliphatic hydroxyl groups is 1. The zero-order valence-corrected chi connectivity index (χ0v) is 13.1. The molecule has 1 aromatic carbocycles. The lowest BCUT2D eigenvalue weighted by Gasteiger charge is -2.42. The SMILES string of the molecule is CO[C@@]12CC[C@H](O)C[C@@H]1N(Cc1ccc3[nH]ccc3c1)CC2. The van der Waals surface area contributed by atoms with Crippen molar-refractivity contribution in [1.29, 1.82) is 0 Å². The van der Waals surface area contributed by atoms with E-state index in [1.165, 1.54) is 16.5 Å². The predicted octanol–water partition coefficient (Wildman–Crippen LogP) is 2.67. The third-order valence-corrected chi connectivity index (χ3v) is 5.68. The van der Waals surface area contributed by atoms with Gasteiger partial charge in [0, 0.05) is 38.0 Å². The quantitative estimate of drug-likeness (QED) is 0.916. The monoisotopic (exact) mass is 300 g/mol. The van der Waals surface area contributed by atoms with Gasteiger partial charge in [-0.1, -0.05) is 6.07 Å². The fourth-order valence-electron chi connectivity index (χ4n) is 4.40. The normalized spacial score (nSPS) is 32.5. The van der Waals surface area contributed by atoms with Crippen LogP contribution in [0.1, 0.15) is 31.2 Å². The van der Waals surface area contributed by atoms with Crippen molar-refractivity contribution in [3.63, 3.8) is 0 Å². The van der Waals surface area contributed by atoms with E-state index >= 15 is 0 Å². The molecule has 1 aliphatic heterocycles. The van der Waals surface area contributed by atoms with Gasteiger partial charge in [-0.2, -0.15) is 0 Å². The van der Waals surface area contributed by atoms with Crippen LogP contribution in [0.3, 0.4) is 0 Å². The van der Waals surface area contributed by atoms with E-state index in [2.05, 4.69) is 34.1 Å². The lowest BCUT2D eigenvalue weighted by atomic mass is 9.79. The number of fused-ring (bicyclic) bond motifs is 2. The second-order valence-electron chi connectivity index (χ2n) is 6.83. The van der Waals surface area contributed by atoms with Gasteiger partial charge in [-0.3, -0.25) is 4.90 Å². The number of nitrogens with one attached hydrogen (secondary N) is 1. The van der Waals surface area contributed by atoms with Crippen molar-refractivity contribution in [3.05, 3.63) is 36.0 Å². The summed E-state index contributed by atoms with van der Waals surface area (Å²) in [5.41, 5.74) is 2.47. The molecule has 2 heterocycles. The van der Waals surface area contributed by atoms with Gasteiger partial charge in [0.05, 0.1) is 11.7 Å². The maximum Gasteiger partial charge on any atom is 0.0847 e. The smallest absolute Gasteiger partial charge is 0.0847 e. The number of methoxy groups -OCH3 is 1. The Bertz CT molecular complexity index is 668. The molecule has 0 amide bonds. The first-order valence-electron chi connectivity index (χ1n) is 8.23. The molecule has 1 aromatic heterocycles. The van der Waals surface area contributed by atoms with Crippen LogP contribution in [0.4, 0.5) is 0 Å². The second-order valence-corrected chi connectivity index (χ2v) is 6.83. The fraction of sp³-hybridized carbons (Fsp3) is 0.556. The van der Waals surface area contributed by atoms with Crippen LogP contribution in [0.15, 0.2) is 30.5 Å². The van der Waals surface area contributed by atoms with Crippen LogP contribution in [-0.2, 0) is 11.3 Å². The van der Waals surface area contributed by atoms with Crippen molar-refractivity contribution >= 4 is 10.9 Å². The largest absolute Gasteiger partial charge is 0.393 e. The average molecular weight is 300 g/mol. The predicted molar refractivity (Wildman–Crippen MR) is 86.7 cm³/mol. The molecule has 4 nitrogen and oxygen atoms in total. The van der Waals surface area contributed by atoms with Crippen molar-refractivity contribution in [2.45, 2.75) is 50.0 Å². The van der Waals surface area contributed by atoms with Crippen molar-refractivity contribution in [2.24, 2.45) is 0 Å². The Morgan fingerprint density at radius 1 is 1.36 bits per heavy atom. The molecular formula is C18H24N2O2. The maximum atomic E-state index is 10.1. The van der Waals surface area contributed by atoms with Crippen LogP contribution < -0.4 is 0 Å². The van der Waals surface area contributed by atoms with E-state index in [0.29, 0.717) is 6.04 Å². The third-order valence-electron chi connectivity index (χ3n) is 5.68. The molecule has 0 spiro atoms. The molecule has 0 unspecified atom stereocenters. The molecule has 1 saturated heterocycles. The van der Waals surface area contributed by atoms with Crippen molar-refractivity contribution in [1.82, 2.24) is 9.88 Å². The van der Waals surface area contributed by atoms with E-state index in [9.17, 15) is 5.11 Å². The van der Waals surface area contributed by atoms with Crippen molar-refractivity contribution in [3.8, 4) is 0 Å². The summed E-state index contributed by atoms with van der Waals surface area (Å²) in [4.78, 5) is 5.74. The standard InChI is InChI=1S/C18H24N2O2/c1-22-18-6-4-15(21)11-17(18)20(9-7-18)12-13-2-3-16-14(10-13)5-8-19-16/h2-3,5,8,10,15,17,19,21H,4,6-7,9,11-12H2,1H3/t15-,17-,18+/m0/s1. The number of ether oxygens (including phenoxy) is 1. The summed E-state index contributed by atoms with van der Waals surface area (Å²) in [6, 6.07) is 9.07. The van der Waals surface area contributed by atoms with Gasteiger partial charge in [0.25, 0.3) is 0 Å². The van der Waals surface area contributed by atoms with Gasteiger partial charge in [-0.25, -0.2) is 0 Å². The number of nitrogens with zero attached hydrogens (tertiary/aromatic N) is 1. The van der Waals surface area contributed by atoms with E-state index in [1.54, 1.807) is 0 Å². The van der Waals surface area contributed by atoms with Crippen LogP contribution >= 0.6 is 0 Å². The molecule has 0 radical (unpaired) electrons. The zero-order chi connectivity index (χ0) is 15.2. The first-order chi connectivity index (χ1) is 10.7. The lowest BCUT2D eigenvalue weighted by Crippen LogP contribution is -2.51. The number of H-pyrrole nitrogens is 1. The molecule has 1 saturated carbocycles. The van der Waals surface area contributed by atoms with E-state index in [0.717, 1.165) is 38.8 Å². The third kappa shape index (κ3) is 2.26. The van der Waals surface area contributed by atoms with E-state index in [1.807, 2.05) is 13.3 Å². The molecule has 1 aliphatic carbocycles. The number of aromatic amines is 1. The number of likely N-dealkylation sites (tertiary alicyclic amines) is 1. The topological polar surface area (TPSA) is 48.5 Å². The maximum absolute atomic E-state index is 10.1. The Morgan fingerprint density at radius 3 is 3.14 bits per heavy atom. The van der Waals surface area contributed by atoms with Crippen LogP contribution in [0.25, 0.3) is 10.9 Å². The summed E-state index contributed by atoms with van der Waals surface area (Å²) in [6.45, 7) is 1.99. The second kappa shape index (κ2) is 5.37. The highest BCUT2D eigenvalue weighted by molar-refractivity contribution is 5.79. The molecule has 4 heteroatoms. The first-order valence-corrected chi connectivity index (χ1v) is 8.23. The van der Waals surface area contributed by atoms with Crippen molar-refractivity contribution in [2.75, 3.05) is 13.7 Å². The lowest BCUT2D eigenvalue weighted by molar-refractivity contribution is -0.0879. The molecule has 3 atom stereocenters. The Hall–Kier alpha value is -1.36. The molecule has 2 aromatic rings. The highest BCUT2D eigenvalue weighted by Crippen LogP contribution is 2.43. The van der Waals surface area contributed by atoms with E-state index in [4.69, 9.17) is 4.74 Å². The van der Waals surface area contributed by atoms with Crippen LogP contribution in [0.2, 0.25) is 0 Å². The molecule has 22 heavy (non-hydrogen) atoms. The number of hydrogen-bond donors (Lipinski definition) is 2. The van der Waals surface area contributed by atoms with Gasteiger partial charge < -0.3 is 14.8 Å². The molecule has 2 N–H and O–H groups in total. The summed E-state index contributed by atoms with van der Waals surface area (Å²) in [5, 5.41) is 11.3. The van der Waals surface area contributed by atoms with Gasteiger partial charge in [0.1, 0.15) is 0 Å². The number of rotatable bonds is 3. The first kappa shape index (κ1) is 14.2. The van der Waals surface area contributed by atoms with Gasteiger partial charge in [-0.15, -0.1) is 0 Å². The van der Waals surface area contributed by atoms with Crippen LogP contribution in [-0.4, -0.2) is 46.4 Å². The Labute approximate surface area is 131 Å². The van der Waals surface area contributed by atoms with Gasteiger partial charge in [-0.05, 0) is 54.8 Å². The molecule has 118 valence electrons. The van der Waals surface area contributed by atoms with E-state index < -0.39 is 0 Å². The summed E-state index contributed by atoms with van der Waals surface area (Å²) in [5.74, 6) is 0. The highest BCUT2D eigenvalue weighted by Gasteiger charge is 2.50. The Kier molecular flexibility index (Phi) is 3.48. The average Bonchev–Trinajstić information content (AvgIpc) is 3.13.